The number of tetrazole rings is 1. The van der Waals surface area contributed by atoms with Gasteiger partial charge < -0.3 is 15.3 Å². The quantitative estimate of drug-likeness (QED) is 0.364. The van der Waals surface area contributed by atoms with Crippen molar-refractivity contribution in [2.75, 3.05) is 6.54 Å². The van der Waals surface area contributed by atoms with Crippen molar-refractivity contribution >= 4 is 28.3 Å². The normalized spacial score (nSPS) is 11.2. The highest BCUT2D eigenvalue weighted by molar-refractivity contribution is 7.14. The molecule has 4 rings (SSSR count). The van der Waals surface area contributed by atoms with Crippen LogP contribution < -0.4 is 10.9 Å². The highest BCUT2D eigenvalue weighted by atomic mass is 32.1. The Morgan fingerprint density at radius 3 is 2.96 bits per heavy atom. The largest absolute Gasteiger partial charge is 0.351 e. The van der Waals surface area contributed by atoms with Crippen LogP contribution in [-0.2, 0) is 19.3 Å². The number of carbonyl (C=O) groups is 1. The van der Waals surface area contributed by atoms with E-state index in [-0.39, 0.29) is 11.5 Å². The van der Waals surface area contributed by atoms with Crippen LogP contribution in [0.15, 0.2) is 23.1 Å². The molecule has 0 saturated carbocycles. The van der Waals surface area contributed by atoms with Gasteiger partial charge in [0.15, 0.2) is 5.82 Å². The van der Waals surface area contributed by atoms with Gasteiger partial charge in [-0.25, -0.2) is 4.98 Å². The van der Waals surface area contributed by atoms with Crippen LogP contribution in [0.25, 0.3) is 11.0 Å². The maximum atomic E-state index is 12.2. The molecule has 0 unspecified atom stereocenters. The number of nitrogens with zero attached hydrogens (tertiary/aromatic N) is 4. The molecule has 11 heteroatoms. The van der Waals surface area contributed by atoms with Gasteiger partial charge in [0.05, 0.1) is 10.3 Å². The molecule has 0 saturated heterocycles. The SMILES string of the molecule is Cc1nc2[nH]cc(CCc3ccc(C(=O)NCCc4nn[nH]n4)s3)c2c(=O)[nH]1. The molecule has 0 bridgehead atoms. The topological polar surface area (TPSA) is 145 Å². The van der Waals surface area contributed by atoms with Crippen molar-refractivity contribution in [1.29, 1.82) is 0 Å². The number of aromatic amines is 3. The Hall–Kier alpha value is -3.34. The number of amides is 1. The number of hydrogen-bond donors (Lipinski definition) is 4. The first-order valence-electron chi connectivity index (χ1n) is 8.76. The second-order valence-corrected chi connectivity index (χ2v) is 7.46. The van der Waals surface area contributed by atoms with E-state index < -0.39 is 0 Å². The maximum Gasteiger partial charge on any atom is 0.261 e. The number of hydrogen-bond acceptors (Lipinski definition) is 7. The van der Waals surface area contributed by atoms with E-state index in [4.69, 9.17) is 0 Å². The molecule has 0 aliphatic heterocycles. The van der Waals surface area contributed by atoms with Crippen LogP contribution in [-0.4, -0.2) is 48.0 Å². The molecule has 0 spiro atoms. The van der Waals surface area contributed by atoms with E-state index in [9.17, 15) is 9.59 Å². The molecule has 0 aliphatic rings. The molecule has 0 fully saturated rings. The molecule has 144 valence electrons. The summed E-state index contributed by atoms with van der Waals surface area (Å²) in [5.74, 6) is 1.02. The van der Waals surface area contributed by atoms with Crippen LogP contribution in [0, 0.1) is 6.92 Å². The van der Waals surface area contributed by atoms with E-state index in [0.717, 1.165) is 16.9 Å². The highest BCUT2D eigenvalue weighted by Crippen LogP contribution is 2.20. The second kappa shape index (κ2) is 7.72. The van der Waals surface area contributed by atoms with Crippen molar-refractivity contribution < 1.29 is 4.79 Å². The zero-order chi connectivity index (χ0) is 19.5. The van der Waals surface area contributed by atoms with E-state index >= 15 is 0 Å². The lowest BCUT2D eigenvalue weighted by Crippen LogP contribution is -2.25. The number of fused-ring (bicyclic) bond motifs is 1. The Morgan fingerprint density at radius 2 is 2.14 bits per heavy atom. The third kappa shape index (κ3) is 3.83. The molecule has 4 heterocycles. The van der Waals surface area contributed by atoms with Gasteiger partial charge in [-0.3, -0.25) is 9.59 Å². The highest BCUT2D eigenvalue weighted by Gasteiger charge is 2.12. The second-order valence-electron chi connectivity index (χ2n) is 6.29. The van der Waals surface area contributed by atoms with Gasteiger partial charge >= 0.3 is 0 Å². The lowest BCUT2D eigenvalue weighted by Gasteiger charge is -2.01. The van der Waals surface area contributed by atoms with Gasteiger partial charge in [0.25, 0.3) is 11.5 Å². The molecule has 1 amide bonds. The third-order valence-electron chi connectivity index (χ3n) is 4.29. The molecule has 0 atom stereocenters. The molecular weight excluding hydrogens is 380 g/mol. The fourth-order valence-corrected chi connectivity index (χ4v) is 3.89. The molecule has 0 radical (unpaired) electrons. The maximum absolute atomic E-state index is 12.2. The smallest absolute Gasteiger partial charge is 0.261 e. The van der Waals surface area contributed by atoms with Crippen LogP contribution in [0.5, 0.6) is 0 Å². The van der Waals surface area contributed by atoms with Crippen molar-refractivity contribution in [1.82, 2.24) is 40.9 Å². The Labute approximate surface area is 162 Å². The lowest BCUT2D eigenvalue weighted by molar-refractivity contribution is 0.0958. The predicted octanol–water partition coefficient (Wildman–Crippen LogP) is 0.892. The molecule has 4 N–H and O–H groups in total. The van der Waals surface area contributed by atoms with Gasteiger partial charge in [0, 0.05) is 24.0 Å². The number of aromatic nitrogens is 7. The van der Waals surface area contributed by atoms with Gasteiger partial charge in [-0.2, -0.15) is 5.21 Å². The summed E-state index contributed by atoms with van der Waals surface area (Å²) in [6, 6.07) is 3.76. The summed E-state index contributed by atoms with van der Waals surface area (Å²) in [5.41, 5.74) is 1.39. The first kappa shape index (κ1) is 18.0. The van der Waals surface area contributed by atoms with Gasteiger partial charge in [-0.1, -0.05) is 5.21 Å². The van der Waals surface area contributed by atoms with Crippen LogP contribution >= 0.6 is 11.3 Å². The summed E-state index contributed by atoms with van der Waals surface area (Å²) in [5, 5.41) is 17.0. The van der Waals surface area contributed by atoms with Gasteiger partial charge in [-0.15, -0.1) is 21.5 Å². The molecule has 0 aromatic carbocycles. The number of rotatable bonds is 7. The summed E-state index contributed by atoms with van der Waals surface area (Å²) in [7, 11) is 0. The summed E-state index contributed by atoms with van der Waals surface area (Å²) in [6.07, 6.45) is 3.77. The summed E-state index contributed by atoms with van der Waals surface area (Å²) >= 11 is 1.45. The minimum absolute atomic E-state index is 0.122. The third-order valence-corrected chi connectivity index (χ3v) is 5.44. The van der Waals surface area contributed by atoms with Crippen LogP contribution in [0.1, 0.15) is 31.8 Å². The molecule has 4 aromatic rings. The van der Waals surface area contributed by atoms with Crippen LogP contribution in [0.3, 0.4) is 0 Å². The Bertz CT molecular complexity index is 1160. The minimum atomic E-state index is -0.133. The molecule has 0 aliphatic carbocycles. The Balaban J connectivity index is 1.36. The number of H-pyrrole nitrogens is 3. The van der Waals surface area contributed by atoms with Crippen LogP contribution in [0.4, 0.5) is 0 Å². The monoisotopic (exact) mass is 398 g/mol. The van der Waals surface area contributed by atoms with E-state index in [0.29, 0.717) is 46.9 Å². The number of thiophene rings is 1. The van der Waals surface area contributed by atoms with Crippen LogP contribution in [0.2, 0.25) is 0 Å². The van der Waals surface area contributed by atoms with E-state index in [2.05, 4.69) is 40.9 Å². The van der Waals surface area contributed by atoms with Crippen molar-refractivity contribution in [3.63, 3.8) is 0 Å². The first-order chi connectivity index (χ1) is 13.6. The molecule has 10 nitrogen and oxygen atoms in total. The zero-order valence-electron chi connectivity index (χ0n) is 15.1. The Kier molecular flexibility index (Phi) is 4.98. The van der Waals surface area contributed by atoms with Gasteiger partial charge in [0.1, 0.15) is 11.5 Å². The summed E-state index contributed by atoms with van der Waals surface area (Å²) in [6.45, 7) is 2.19. The van der Waals surface area contributed by atoms with Gasteiger partial charge in [-0.05, 0) is 37.5 Å². The Morgan fingerprint density at radius 1 is 1.25 bits per heavy atom. The number of aryl methyl sites for hydroxylation is 3. The fraction of sp³-hybridized carbons (Fsp3) is 0.294. The average molecular weight is 398 g/mol. The number of carbonyl (C=O) groups excluding carboxylic acids is 1. The fourth-order valence-electron chi connectivity index (χ4n) is 2.97. The summed E-state index contributed by atoms with van der Waals surface area (Å²) in [4.78, 5) is 36.3. The average Bonchev–Trinajstić information content (AvgIpc) is 3.40. The van der Waals surface area contributed by atoms with Crippen molar-refractivity contribution in [3.05, 3.63) is 55.6 Å². The molecule has 4 aromatic heterocycles. The van der Waals surface area contributed by atoms with E-state index in [1.165, 1.54) is 11.3 Å². The standard InChI is InChI=1S/C17H18N8O2S/c1-9-20-15-14(17(27)21-9)10(8-19-15)2-3-11-4-5-12(28-11)16(26)18-7-6-13-22-24-25-23-13/h4-5,8H,2-3,6-7H2,1H3,(H,18,26)(H2,19,20,21,27)(H,22,23,24,25). The first-order valence-corrected chi connectivity index (χ1v) is 9.58. The van der Waals surface area contributed by atoms with E-state index in [1.807, 2.05) is 18.3 Å². The number of nitrogens with one attached hydrogen (secondary N) is 4. The van der Waals surface area contributed by atoms with Crippen molar-refractivity contribution in [2.24, 2.45) is 0 Å². The molecule has 28 heavy (non-hydrogen) atoms. The van der Waals surface area contributed by atoms with Crippen molar-refractivity contribution in [2.45, 2.75) is 26.2 Å². The lowest BCUT2D eigenvalue weighted by atomic mass is 10.1. The zero-order valence-corrected chi connectivity index (χ0v) is 15.9. The summed E-state index contributed by atoms with van der Waals surface area (Å²) < 4.78 is 0. The predicted molar refractivity (Wildman–Crippen MR) is 103 cm³/mol. The van der Waals surface area contributed by atoms with Gasteiger partial charge in [0.2, 0.25) is 0 Å². The minimum Gasteiger partial charge on any atom is -0.351 e. The molecular formula is C17H18N8O2S. The van der Waals surface area contributed by atoms with Crippen molar-refractivity contribution in [3.8, 4) is 0 Å². The van der Waals surface area contributed by atoms with E-state index in [1.54, 1.807) is 6.92 Å².